The summed E-state index contributed by atoms with van der Waals surface area (Å²) < 4.78 is 22.0. The van der Waals surface area contributed by atoms with Gasteiger partial charge in [0.15, 0.2) is 17.2 Å². The van der Waals surface area contributed by atoms with Gasteiger partial charge in [-0.05, 0) is 85.3 Å². The van der Waals surface area contributed by atoms with Gasteiger partial charge in [-0.1, -0.05) is 24.3 Å². The van der Waals surface area contributed by atoms with Gasteiger partial charge in [-0.15, -0.1) is 11.3 Å². The largest absolute Gasteiger partial charge is 0.495 e. The van der Waals surface area contributed by atoms with Crippen molar-refractivity contribution >= 4 is 56.6 Å². The van der Waals surface area contributed by atoms with E-state index in [0.717, 1.165) is 35.5 Å². The van der Waals surface area contributed by atoms with E-state index >= 15 is 0 Å². The summed E-state index contributed by atoms with van der Waals surface area (Å²) in [5.74, 6) is 0.173. The zero-order valence-electron chi connectivity index (χ0n) is 25.5. The van der Waals surface area contributed by atoms with Crippen LogP contribution in [-0.2, 0) is 14.3 Å². The quantitative estimate of drug-likeness (QED) is 0.218. The predicted molar refractivity (Wildman–Crippen MR) is 175 cm³/mol. The Kier molecular flexibility index (Phi) is 11.1. The highest BCUT2D eigenvalue weighted by molar-refractivity contribution is 9.10. The molecule has 0 aliphatic carbocycles. The second-order valence-corrected chi connectivity index (χ2v) is 13.1. The number of amides is 2. The van der Waals surface area contributed by atoms with E-state index in [9.17, 15) is 14.4 Å². The molecule has 1 aliphatic heterocycles. The molecular weight excluding hydrogens is 650 g/mol. The van der Waals surface area contributed by atoms with Crippen LogP contribution in [0.2, 0.25) is 0 Å². The molecule has 44 heavy (non-hydrogen) atoms. The topological polar surface area (TPSA) is 115 Å². The lowest BCUT2D eigenvalue weighted by Crippen LogP contribution is -2.42. The fourth-order valence-electron chi connectivity index (χ4n) is 4.75. The highest BCUT2D eigenvalue weighted by Gasteiger charge is 2.27. The molecule has 0 spiro atoms. The molecule has 4 rings (SSSR count). The van der Waals surface area contributed by atoms with Crippen molar-refractivity contribution in [2.75, 3.05) is 51.1 Å². The summed E-state index contributed by atoms with van der Waals surface area (Å²) >= 11 is 4.80. The maximum atomic E-state index is 12.8. The molecule has 1 aliphatic rings. The van der Waals surface area contributed by atoms with Gasteiger partial charge in [0, 0.05) is 25.3 Å². The minimum absolute atomic E-state index is 0.129. The maximum Gasteiger partial charge on any atom is 0.351 e. The average molecular weight is 689 g/mol. The van der Waals surface area contributed by atoms with E-state index in [0.29, 0.717) is 34.9 Å². The molecule has 2 N–H and O–H groups in total. The summed E-state index contributed by atoms with van der Waals surface area (Å²) in [6.07, 6.45) is 1.76. The average Bonchev–Trinajstić information content (AvgIpc) is 3.34. The number of carbonyl (C=O) groups is 3. The van der Waals surface area contributed by atoms with Crippen molar-refractivity contribution in [3.63, 3.8) is 0 Å². The summed E-state index contributed by atoms with van der Waals surface area (Å²) in [6.45, 7) is 7.06. The molecule has 1 saturated heterocycles. The van der Waals surface area contributed by atoms with Crippen molar-refractivity contribution in [1.29, 1.82) is 0 Å². The molecule has 0 unspecified atom stereocenters. The van der Waals surface area contributed by atoms with Gasteiger partial charge in [0.1, 0.15) is 11.4 Å². The van der Waals surface area contributed by atoms with Crippen LogP contribution in [0.15, 0.2) is 53.0 Å². The number of nitrogens with zero attached hydrogens (tertiary/aromatic N) is 1. The first kappa shape index (κ1) is 33.1. The van der Waals surface area contributed by atoms with Crippen LogP contribution in [-0.4, -0.2) is 68.9 Å². The van der Waals surface area contributed by atoms with Crippen LogP contribution in [0, 0.1) is 5.92 Å². The molecule has 236 valence electrons. The van der Waals surface area contributed by atoms with Gasteiger partial charge >= 0.3 is 18.0 Å². The van der Waals surface area contributed by atoms with Crippen molar-refractivity contribution in [2.24, 2.45) is 5.92 Å². The molecule has 0 bridgehead atoms. The number of methoxy groups -OCH3 is 2. The summed E-state index contributed by atoms with van der Waals surface area (Å²) in [7, 11) is 2.88. The number of ether oxygens (including phenoxy) is 4. The van der Waals surface area contributed by atoms with Crippen LogP contribution in [0.25, 0.3) is 10.4 Å². The van der Waals surface area contributed by atoms with E-state index in [1.807, 2.05) is 53.4 Å². The van der Waals surface area contributed by atoms with Crippen LogP contribution in [0.4, 0.5) is 16.2 Å². The van der Waals surface area contributed by atoms with Gasteiger partial charge in [-0.2, -0.15) is 0 Å². The summed E-state index contributed by atoms with van der Waals surface area (Å²) in [5.41, 5.74) is 1.79. The minimum atomic E-state index is -0.654. The van der Waals surface area contributed by atoms with Crippen LogP contribution < -0.4 is 20.1 Å². The third-order valence-electron chi connectivity index (χ3n) is 6.90. The lowest BCUT2D eigenvalue weighted by atomic mass is 9.97. The number of thiophene rings is 1. The number of likely N-dealkylation sites (tertiary alicyclic amines) is 1. The van der Waals surface area contributed by atoms with E-state index in [-0.39, 0.29) is 23.3 Å². The summed E-state index contributed by atoms with van der Waals surface area (Å²) in [5, 5.41) is 6.48. The van der Waals surface area contributed by atoms with Gasteiger partial charge in [-0.3, -0.25) is 0 Å². The summed E-state index contributed by atoms with van der Waals surface area (Å²) in [4.78, 5) is 40.5. The number of piperidine rings is 1. The first-order valence-corrected chi connectivity index (χ1v) is 15.9. The monoisotopic (exact) mass is 687 g/mol. The third-order valence-corrected chi connectivity index (χ3v) is 9.12. The van der Waals surface area contributed by atoms with E-state index in [1.54, 1.807) is 27.9 Å². The Balaban J connectivity index is 1.36. The number of halogens is 1. The van der Waals surface area contributed by atoms with Gasteiger partial charge in [-0.25, -0.2) is 14.4 Å². The Morgan fingerprint density at radius 1 is 1.05 bits per heavy atom. The number of rotatable bonds is 10. The number of anilines is 2. The number of benzene rings is 2. The zero-order chi connectivity index (χ0) is 31.9. The van der Waals surface area contributed by atoms with Gasteiger partial charge in [0.2, 0.25) is 0 Å². The van der Waals surface area contributed by atoms with Crippen LogP contribution in [0.5, 0.6) is 11.5 Å². The number of esters is 2. The fraction of sp³-hybridized carbons (Fsp3) is 0.406. The van der Waals surface area contributed by atoms with Gasteiger partial charge < -0.3 is 34.5 Å². The second kappa shape index (κ2) is 14.8. The molecule has 0 radical (unpaired) electrons. The van der Waals surface area contributed by atoms with Crippen molar-refractivity contribution in [2.45, 2.75) is 39.2 Å². The van der Waals surface area contributed by atoms with Crippen molar-refractivity contribution in [1.82, 2.24) is 4.90 Å². The maximum absolute atomic E-state index is 12.8. The van der Waals surface area contributed by atoms with E-state index in [4.69, 9.17) is 18.9 Å². The summed E-state index contributed by atoms with van der Waals surface area (Å²) in [6, 6.07) is 15.1. The lowest BCUT2D eigenvalue weighted by Gasteiger charge is -2.32. The molecule has 1 fully saturated rings. The van der Waals surface area contributed by atoms with E-state index < -0.39 is 17.5 Å². The normalized spacial score (nSPS) is 13.6. The van der Waals surface area contributed by atoms with Gasteiger partial charge in [0.25, 0.3) is 0 Å². The Morgan fingerprint density at radius 3 is 2.45 bits per heavy atom. The Labute approximate surface area is 270 Å². The molecule has 10 nitrogen and oxygen atoms in total. The highest BCUT2D eigenvalue weighted by Crippen LogP contribution is 2.46. The fourth-order valence-corrected chi connectivity index (χ4v) is 6.72. The number of carbonyl (C=O) groups excluding carboxylic acids is 3. The molecule has 3 aromatic rings. The van der Waals surface area contributed by atoms with Crippen LogP contribution in [0.1, 0.15) is 43.3 Å². The number of urea groups is 1. The molecule has 12 heteroatoms. The molecule has 2 aromatic carbocycles. The zero-order valence-corrected chi connectivity index (χ0v) is 27.9. The SMILES string of the molecule is COC(=O)c1sc(-c2cccc(NCC3CCN(C(=O)Nc4ccccc4OC)CC3)c2)c(Br)c1OCC(=O)OC(C)(C)C. The second-order valence-electron chi connectivity index (χ2n) is 11.3. The van der Waals surface area contributed by atoms with Crippen molar-refractivity contribution < 1.29 is 33.3 Å². The lowest BCUT2D eigenvalue weighted by molar-refractivity contribution is -0.157. The number of hydrogen-bond donors (Lipinski definition) is 2. The Hall–Kier alpha value is -3.77. The first-order valence-electron chi connectivity index (χ1n) is 14.3. The Morgan fingerprint density at radius 2 is 1.77 bits per heavy atom. The first-order chi connectivity index (χ1) is 21.0. The van der Waals surface area contributed by atoms with Crippen molar-refractivity contribution in [3.05, 3.63) is 57.9 Å². The van der Waals surface area contributed by atoms with Crippen LogP contribution >= 0.6 is 27.3 Å². The molecule has 0 atom stereocenters. The molecule has 1 aromatic heterocycles. The predicted octanol–water partition coefficient (Wildman–Crippen LogP) is 7.05. The Bertz CT molecular complexity index is 1480. The molecule has 0 saturated carbocycles. The van der Waals surface area contributed by atoms with Crippen LogP contribution in [0.3, 0.4) is 0 Å². The van der Waals surface area contributed by atoms with Crippen molar-refractivity contribution in [3.8, 4) is 21.9 Å². The minimum Gasteiger partial charge on any atom is -0.495 e. The molecule has 2 amide bonds. The van der Waals surface area contributed by atoms with Gasteiger partial charge in [0.05, 0.1) is 29.3 Å². The number of para-hydroxylation sites is 2. The number of nitrogens with one attached hydrogen (secondary N) is 2. The molecule has 2 heterocycles. The standard InChI is InChI=1S/C32H38BrN3O7S/c1-32(2,3)43-25(37)19-42-27-26(33)28(44-29(27)30(38)41-5)21-9-8-10-22(17-21)34-18-20-13-15-36(16-14-20)31(39)35-23-11-6-7-12-24(23)40-4/h6-12,17,20,34H,13-16,18-19H2,1-5H3,(H,35,39). The third kappa shape index (κ3) is 8.66. The highest BCUT2D eigenvalue weighted by atomic mass is 79.9. The smallest absolute Gasteiger partial charge is 0.351 e. The van der Waals surface area contributed by atoms with E-state index in [2.05, 4.69) is 26.6 Å². The number of hydrogen-bond acceptors (Lipinski definition) is 9. The molecular formula is C32H38BrN3O7S. The van der Waals surface area contributed by atoms with E-state index in [1.165, 1.54) is 18.4 Å².